The van der Waals surface area contributed by atoms with Crippen molar-refractivity contribution in [1.29, 1.82) is 0 Å². The van der Waals surface area contributed by atoms with Crippen LogP contribution >= 0.6 is 0 Å². The Balaban J connectivity index is 1.72. The number of rotatable bonds is 9. The van der Waals surface area contributed by atoms with Crippen molar-refractivity contribution in [1.82, 2.24) is 4.90 Å². The molecular weight excluding hydrogens is 282 g/mol. The Bertz CT molecular complexity index is 450. The molecule has 1 aromatic rings. The largest absolute Gasteiger partial charge is 0.301 e. The summed E-state index contributed by atoms with van der Waals surface area (Å²) in [5.41, 5.74) is 1.40. The van der Waals surface area contributed by atoms with Gasteiger partial charge in [0.2, 0.25) is 0 Å². The molecule has 0 unspecified atom stereocenters. The Kier molecular flexibility index (Phi) is 7.81. The van der Waals surface area contributed by atoms with Crippen LogP contribution in [0.15, 0.2) is 30.3 Å². The van der Waals surface area contributed by atoms with Crippen LogP contribution in [0.2, 0.25) is 0 Å². The number of hydrogen-bond donors (Lipinski definition) is 0. The van der Waals surface area contributed by atoms with Gasteiger partial charge in [0.15, 0.2) is 0 Å². The summed E-state index contributed by atoms with van der Waals surface area (Å²) in [6.45, 7) is 6.64. The average Bonchev–Trinajstić information content (AvgIpc) is 2.60. The number of carbonyl (C=O) groups excluding carboxylic acids is 1. The Morgan fingerprint density at radius 2 is 1.87 bits per heavy atom. The third-order valence-corrected chi connectivity index (χ3v) is 5.33. The fourth-order valence-electron chi connectivity index (χ4n) is 3.86. The Morgan fingerprint density at radius 1 is 1.17 bits per heavy atom. The van der Waals surface area contributed by atoms with Crippen LogP contribution in [-0.4, -0.2) is 29.8 Å². The zero-order valence-electron chi connectivity index (χ0n) is 15.0. The van der Waals surface area contributed by atoms with Crippen LogP contribution in [0.3, 0.4) is 0 Å². The van der Waals surface area contributed by atoms with Crippen LogP contribution in [0.25, 0.3) is 0 Å². The number of benzene rings is 1. The first-order chi connectivity index (χ1) is 11.2. The molecule has 1 saturated carbocycles. The molecule has 0 spiro atoms. The van der Waals surface area contributed by atoms with E-state index < -0.39 is 0 Å². The molecule has 1 fully saturated rings. The van der Waals surface area contributed by atoms with Gasteiger partial charge < -0.3 is 4.90 Å². The molecule has 1 aliphatic rings. The third kappa shape index (κ3) is 6.10. The predicted octanol–water partition coefficient (Wildman–Crippen LogP) is 4.87. The molecule has 23 heavy (non-hydrogen) atoms. The predicted molar refractivity (Wildman–Crippen MR) is 97.7 cm³/mol. The van der Waals surface area contributed by atoms with Crippen molar-refractivity contribution in [3.8, 4) is 0 Å². The van der Waals surface area contributed by atoms with Crippen LogP contribution in [0, 0.1) is 5.92 Å². The van der Waals surface area contributed by atoms with E-state index in [9.17, 15) is 4.79 Å². The van der Waals surface area contributed by atoms with Crippen molar-refractivity contribution >= 4 is 5.78 Å². The Labute approximate surface area is 142 Å². The van der Waals surface area contributed by atoms with Gasteiger partial charge in [0.05, 0.1) is 0 Å². The van der Waals surface area contributed by atoms with Gasteiger partial charge in [0, 0.05) is 18.4 Å². The first kappa shape index (κ1) is 18.2. The van der Waals surface area contributed by atoms with Gasteiger partial charge in [0.1, 0.15) is 5.78 Å². The lowest BCUT2D eigenvalue weighted by Crippen LogP contribution is -2.35. The summed E-state index contributed by atoms with van der Waals surface area (Å²) < 4.78 is 0. The van der Waals surface area contributed by atoms with Crippen molar-refractivity contribution in [3.05, 3.63) is 35.9 Å². The first-order valence-electron chi connectivity index (χ1n) is 9.51. The molecule has 0 heterocycles. The molecule has 1 aliphatic carbocycles. The lowest BCUT2D eigenvalue weighted by atomic mass is 9.85. The zero-order valence-corrected chi connectivity index (χ0v) is 15.0. The minimum Gasteiger partial charge on any atom is -0.301 e. The summed E-state index contributed by atoms with van der Waals surface area (Å²) >= 11 is 0. The molecule has 2 heteroatoms. The summed E-state index contributed by atoms with van der Waals surface area (Å²) in [5.74, 6) is 0.900. The number of likely N-dealkylation sites (N-methyl/N-ethyl adjacent to an activating group) is 1. The van der Waals surface area contributed by atoms with Crippen molar-refractivity contribution in [2.24, 2.45) is 5.92 Å². The van der Waals surface area contributed by atoms with Crippen molar-refractivity contribution in [3.63, 3.8) is 0 Å². The van der Waals surface area contributed by atoms with Crippen LogP contribution in [0.5, 0.6) is 0 Å². The number of ketones is 1. The Hall–Kier alpha value is -1.15. The normalized spacial score (nSPS) is 17.3. The Morgan fingerprint density at radius 3 is 2.52 bits per heavy atom. The fourth-order valence-corrected chi connectivity index (χ4v) is 3.86. The quantitative estimate of drug-likeness (QED) is 0.648. The summed E-state index contributed by atoms with van der Waals surface area (Å²) in [6, 6.07) is 11.2. The van der Waals surface area contributed by atoms with E-state index >= 15 is 0 Å². The highest BCUT2D eigenvalue weighted by molar-refractivity contribution is 5.81. The van der Waals surface area contributed by atoms with E-state index in [1.807, 2.05) is 0 Å². The maximum absolute atomic E-state index is 12.3. The van der Waals surface area contributed by atoms with Gasteiger partial charge in [-0.25, -0.2) is 0 Å². The number of nitrogens with zero attached hydrogens (tertiary/aromatic N) is 1. The average molecular weight is 316 g/mol. The highest BCUT2D eigenvalue weighted by atomic mass is 16.1. The summed E-state index contributed by atoms with van der Waals surface area (Å²) in [5, 5.41) is 0. The van der Waals surface area contributed by atoms with Crippen LogP contribution < -0.4 is 0 Å². The fraction of sp³-hybridized carbons (Fsp3) is 0.667. The summed E-state index contributed by atoms with van der Waals surface area (Å²) in [7, 11) is 0. The SMILES string of the molecule is CCN(CCCC(=O)C1CCCCC1)[C@@H](C)Cc1ccccc1. The summed E-state index contributed by atoms with van der Waals surface area (Å²) in [6.07, 6.45) is 9.00. The van der Waals surface area contributed by atoms with Gasteiger partial charge in [-0.15, -0.1) is 0 Å². The van der Waals surface area contributed by atoms with Gasteiger partial charge in [0.25, 0.3) is 0 Å². The zero-order chi connectivity index (χ0) is 16.5. The molecule has 0 aliphatic heterocycles. The molecule has 0 radical (unpaired) electrons. The van der Waals surface area contributed by atoms with Crippen molar-refractivity contribution in [2.75, 3.05) is 13.1 Å². The van der Waals surface area contributed by atoms with Crippen LogP contribution in [0.1, 0.15) is 64.4 Å². The van der Waals surface area contributed by atoms with Crippen molar-refractivity contribution < 1.29 is 4.79 Å². The second-order valence-electron chi connectivity index (χ2n) is 7.07. The van der Waals surface area contributed by atoms with E-state index in [-0.39, 0.29) is 0 Å². The molecule has 2 rings (SSSR count). The van der Waals surface area contributed by atoms with E-state index in [0.29, 0.717) is 17.7 Å². The lowest BCUT2D eigenvalue weighted by Gasteiger charge is -2.28. The monoisotopic (exact) mass is 315 g/mol. The van der Waals surface area contributed by atoms with E-state index in [0.717, 1.165) is 45.2 Å². The maximum Gasteiger partial charge on any atom is 0.136 e. The third-order valence-electron chi connectivity index (χ3n) is 5.33. The molecule has 128 valence electrons. The van der Waals surface area contributed by atoms with E-state index in [1.54, 1.807) is 0 Å². The van der Waals surface area contributed by atoms with Crippen LogP contribution in [-0.2, 0) is 11.2 Å². The topological polar surface area (TPSA) is 20.3 Å². The number of hydrogen-bond acceptors (Lipinski definition) is 2. The van der Waals surface area contributed by atoms with Crippen LogP contribution in [0.4, 0.5) is 0 Å². The van der Waals surface area contributed by atoms with Gasteiger partial charge in [-0.2, -0.15) is 0 Å². The molecule has 0 amide bonds. The van der Waals surface area contributed by atoms with E-state index in [1.165, 1.54) is 24.8 Å². The standard InChI is InChI=1S/C21H33NO/c1-3-22(18(2)17-19-11-6-4-7-12-19)16-10-15-21(23)20-13-8-5-9-14-20/h4,6-7,11-12,18,20H,3,5,8-10,13-17H2,1-2H3/t18-/m0/s1. The lowest BCUT2D eigenvalue weighted by molar-refractivity contribution is -0.124. The molecule has 0 bridgehead atoms. The van der Waals surface area contributed by atoms with Gasteiger partial charge in [-0.1, -0.05) is 56.5 Å². The minimum absolute atomic E-state index is 0.376. The highest BCUT2D eigenvalue weighted by Gasteiger charge is 2.21. The van der Waals surface area contributed by atoms with Gasteiger partial charge >= 0.3 is 0 Å². The molecule has 1 aromatic carbocycles. The second kappa shape index (κ2) is 9.87. The molecule has 0 N–H and O–H groups in total. The minimum atomic E-state index is 0.376. The first-order valence-corrected chi connectivity index (χ1v) is 9.51. The molecular formula is C21H33NO. The van der Waals surface area contributed by atoms with Crippen molar-refractivity contribution in [2.45, 2.75) is 71.3 Å². The van der Waals surface area contributed by atoms with E-state index in [4.69, 9.17) is 0 Å². The van der Waals surface area contributed by atoms with Gasteiger partial charge in [-0.05, 0) is 51.3 Å². The summed E-state index contributed by atoms with van der Waals surface area (Å²) in [4.78, 5) is 14.8. The molecule has 2 nitrogen and oxygen atoms in total. The molecule has 0 saturated heterocycles. The smallest absolute Gasteiger partial charge is 0.136 e. The number of Topliss-reactive ketones (excluding diaryl/α,β-unsaturated/α-hetero) is 1. The van der Waals surface area contributed by atoms with E-state index in [2.05, 4.69) is 49.1 Å². The van der Waals surface area contributed by atoms with Gasteiger partial charge in [-0.3, -0.25) is 4.79 Å². The second-order valence-corrected chi connectivity index (χ2v) is 7.07. The molecule has 1 atom stereocenters. The number of carbonyl (C=O) groups is 1. The maximum atomic E-state index is 12.3. The molecule has 0 aromatic heterocycles. The highest BCUT2D eigenvalue weighted by Crippen LogP contribution is 2.25.